The summed E-state index contributed by atoms with van der Waals surface area (Å²) in [6.45, 7) is 10.6. The molecule has 1 unspecified atom stereocenters. The SMILES string of the molecule is COC(C)(C)CC(NC(C)C)c1nc(C)cs1. The van der Waals surface area contributed by atoms with E-state index in [4.69, 9.17) is 4.74 Å². The summed E-state index contributed by atoms with van der Waals surface area (Å²) in [5.41, 5.74) is 0.961. The van der Waals surface area contributed by atoms with Crippen LogP contribution in [0.1, 0.15) is 50.9 Å². The van der Waals surface area contributed by atoms with Gasteiger partial charge in [0.15, 0.2) is 0 Å². The lowest BCUT2D eigenvalue weighted by Gasteiger charge is -2.29. The van der Waals surface area contributed by atoms with E-state index in [9.17, 15) is 0 Å². The lowest BCUT2D eigenvalue weighted by atomic mass is 9.98. The lowest BCUT2D eigenvalue weighted by molar-refractivity contribution is 0.00614. The Kier molecular flexibility index (Phi) is 5.10. The number of methoxy groups -OCH3 is 1. The molecule has 0 aliphatic heterocycles. The third-order valence-electron chi connectivity index (χ3n) is 2.72. The van der Waals surface area contributed by atoms with E-state index in [2.05, 4.69) is 43.4 Å². The van der Waals surface area contributed by atoms with E-state index < -0.39 is 0 Å². The molecule has 17 heavy (non-hydrogen) atoms. The van der Waals surface area contributed by atoms with Crippen LogP contribution in [0.3, 0.4) is 0 Å². The van der Waals surface area contributed by atoms with E-state index in [1.165, 1.54) is 0 Å². The van der Waals surface area contributed by atoms with Gasteiger partial charge in [-0.15, -0.1) is 11.3 Å². The molecule has 4 heteroatoms. The van der Waals surface area contributed by atoms with Gasteiger partial charge in [-0.25, -0.2) is 4.98 Å². The van der Waals surface area contributed by atoms with Crippen molar-refractivity contribution < 1.29 is 4.74 Å². The van der Waals surface area contributed by atoms with Crippen molar-refractivity contribution in [3.63, 3.8) is 0 Å². The highest BCUT2D eigenvalue weighted by Crippen LogP contribution is 2.28. The van der Waals surface area contributed by atoms with Crippen LogP contribution >= 0.6 is 11.3 Å². The van der Waals surface area contributed by atoms with Crippen LogP contribution < -0.4 is 5.32 Å². The van der Waals surface area contributed by atoms with E-state index >= 15 is 0 Å². The number of nitrogens with zero attached hydrogens (tertiary/aromatic N) is 1. The second kappa shape index (κ2) is 5.94. The number of hydrogen-bond acceptors (Lipinski definition) is 4. The minimum atomic E-state index is -0.133. The largest absolute Gasteiger partial charge is 0.379 e. The first kappa shape index (κ1) is 14.6. The molecule has 1 aromatic rings. The Morgan fingerprint density at radius 3 is 2.53 bits per heavy atom. The molecule has 0 saturated carbocycles. The van der Waals surface area contributed by atoms with Crippen LogP contribution in [-0.2, 0) is 4.74 Å². The maximum Gasteiger partial charge on any atom is 0.110 e. The summed E-state index contributed by atoms with van der Waals surface area (Å²) in [5.74, 6) is 0. The molecule has 0 aromatic carbocycles. The molecule has 0 saturated heterocycles. The first-order valence-electron chi connectivity index (χ1n) is 6.07. The second-order valence-corrected chi connectivity index (χ2v) is 6.26. The van der Waals surface area contributed by atoms with Crippen molar-refractivity contribution in [1.29, 1.82) is 0 Å². The molecule has 98 valence electrons. The number of nitrogens with one attached hydrogen (secondary N) is 1. The van der Waals surface area contributed by atoms with Crippen LogP contribution in [-0.4, -0.2) is 23.7 Å². The highest BCUT2D eigenvalue weighted by Gasteiger charge is 2.26. The quantitative estimate of drug-likeness (QED) is 0.848. The predicted molar refractivity (Wildman–Crippen MR) is 73.6 cm³/mol. The van der Waals surface area contributed by atoms with Crippen molar-refractivity contribution in [2.24, 2.45) is 0 Å². The van der Waals surface area contributed by atoms with Gasteiger partial charge in [-0.1, -0.05) is 13.8 Å². The molecule has 0 radical (unpaired) electrons. The summed E-state index contributed by atoms with van der Waals surface area (Å²) in [4.78, 5) is 4.58. The predicted octanol–water partition coefficient (Wildman–Crippen LogP) is 3.31. The molecule has 1 heterocycles. The smallest absolute Gasteiger partial charge is 0.110 e. The fourth-order valence-electron chi connectivity index (χ4n) is 1.73. The molecule has 1 aromatic heterocycles. The van der Waals surface area contributed by atoms with Crippen molar-refractivity contribution in [1.82, 2.24) is 10.3 Å². The normalized spacial score (nSPS) is 14.3. The van der Waals surface area contributed by atoms with Crippen molar-refractivity contribution in [3.8, 4) is 0 Å². The van der Waals surface area contributed by atoms with Gasteiger partial charge < -0.3 is 10.1 Å². The molecule has 0 spiro atoms. The molecular formula is C13H24N2OS. The van der Waals surface area contributed by atoms with Gasteiger partial charge in [0, 0.05) is 24.2 Å². The van der Waals surface area contributed by atoms with Crippen molar-refractivity contribution >= 4 is 11.3 Å². The summed E-state index contributed by atoms with van der Waals surface area (Å²) in [6.07, 6.45) is 0.925. The van der Waals surface area contributed by atoms with Gasteiger partial charge in [0.25, 0.3) is 0 Å². The molecule has 0 amide bonds. The first-order chi connectivity index (χ1) is 7.84. The highest BCUT2D eigenvalue weighted by molar-refractivity contribution is 7.09. The number of hydrogen-bond donors (Lipinski definition) is 1. The Hall–Kier alpha value is -0.450. The average Bonchev–Trinajstić information content (AvgIpc) is 2.63. The van der Waals surface area contributed by atoms with E-state index in [1.54, 1.807) is 18.4 Å². The van der Waals surface area contributed by atoms with Gasteiger partial charge in [-0.2, -0.15) is 0 Å². The molecule has 0 fully saturated rings. The monoisotopic (exact) mass is 256 g/mol. The maximum absolute atomic E-state index is 5.51. The Balaban J connectivity index is 2.81. The number of aromatic nitrogens is 1. The highest BCUT2D eigenvalue weighted by atomic mass is 32.1. The molecule has 1 N–H and O–H groups in total. The summed E-state index contributed by atoms with van der Waals surface area (Å²) < 4.78 is 5.51. The summed E-state index contributed by atoms with van der Waals surface area (Å²) in [6, 6.07) is 0.709. The summed E-state index contributed by atoms with van der Waals surface area (Å²) in [7, 11) is 1.76. The van der Waals surface area contributed by atoms with E-state index in [0.717, 1.165) is 17.1 Å². The number of aryl methyl sites for hydroxylation is 1. The zero-order chi connectivity index (χ0) is 13.1. The Bertz CT molecular complexity index is 347. The van der Waals surface area contributed by atoms with Gasteiger partial charge in [0.2, 0.25) is 0 Å². The molecule has 1 atom stereocenters. The zero-order valence-electron chi connectivity index (χ0n) is 11.7. The van der Waals surface area contributed by atoms with Crippen molar-refractivity contribution in [3.05, 3.63) is 16.1 Å². The number of rotatable bonds is 6. The van der Waals surface area contributed by atoms with Crippen LogP contribution in [0.4, 0.5) is 0 Å². The Labute approximate surface area is 109 Å². The van der Waals surface area contributed by atoms with Crippen LogP contribution in [0.5, 0.6) is 0 Å². The number of ether oxygens (including phenoxy) is 1. The molecular weight excluding hydrogens is 232 g/mol. The molecule has 0 aliphatic rings. The third-order valence-corrected chi connectivity index (χ3v) is 3.79. The standard InChI is InChI=1S/C13H24N2OS/c1-9(2)14-11(7-13(4,5)16-6)12-15-10(3)8-17-12/h8-9,11,14H,7H2,1-6H3. The Morgan fingerprint density at radius 1 is 1.47 bits per heavy atom. The van der Waals surface area contributed by atoms with Crippen molar-refractivity contribution in [2.45, 2.75) is 58.7 Å². The molecule has 0 aliphatic carbocycles. The third kappa shape index (κ3) is 4.74. The van der Waals surface area contributed by atoms with Gasteiger partial charge in [0.1, 0.15) is 5.01 Å². The molecule has 1 rings (SSSR count). The Morgan fingerprint density at radius 2 is 2.12 bits per heavy atom. The molecule has 0 bridgehead atoms. The van der Waals surface area contributed by atoms with Gasteiger partial charge >= 0.3 is 0 Å². The van der Waals surface area contributed by atoms with Gasteiger partial charge in [-0.05, 0) is 27.2 Å². The summed E-state index contributed by atoms with van der Waals surface area (Å²) >= 11 is 1.72. The van der Waals surface area contributed by atoms with Crippen molar-refractivity contribution in [2.75, 3.05) is 7.11 Å². The maximum atomic E-state index is 5.51. The van der Waals surface area contributed by atoms with Gasteiger partial charge in [0.05, 0.1) is 11.6 Å². The second-order valence-electron chi connectivity index (χ2n) is 5.37. The van der Waals surface area contributed by atoms with E-state index in [-0.39, 0.29) is 11.6 Å². The minimum Gasteiger partial charge on any atom is -0.379 e. The molecule has 3 nitrogen and oxygen atoms in total. The number of thiazole rings is 1. The fourth-order valence-corrected chi connectivity index (χ4v) is 2.58. The van der Waals surface area contributed by atoms with Crippen LogP contribution in [0.2, 0.25) is 0 Å². The first-order valence-corrected chi connectivity index (χ1v) is 6.95. The van der Waals surface area contributed by atoms with Crippen LogP contribution in [0, 0.1) is 6.92 Å². The zero-order valence-corrected chi connectivity index (χ0v) is 12.5. The topological polar surface area (TPSA) is 34.1 Å². The van der Waals surface area contributed by atoms with E-state index in [1.807, 2.05) is 6.92 Å². The lowest BCUT2D eigenvalue weighted by Crippen LogP contribution is -2.35. The van der Waals surface area contributed by atoms with Crippen LogP contribution in [0.25, 0.3) is 0 Å². The summed E-state index contributed by atoms with van der Waals surface area (Å²) in [5, 5.41) is 6.82. The van der Waals surface area contributed by atoms with Gasteiger partial charge in [-0.3, -0.25) is 0 Å². The van der Waals surface area contributed by atoms with E-state index in [0.29, 0.717) is 6.04 Å². The fraction of sp³-hybridized carbons (Fsp3) is 0.769. The minimum absolute atomic E-state index is 0.133. The van der Waals surface area contributed by atoms with Crippen LogP contribution in [0.15, 0.2) is 5.38 Å². The average molecular weight is 256 g/mol.